The number of halogens is 1. The standard InChI is InChI=1S/C20H15ClN6S2/c1-11-25-26-20(29-11)27-17(13-5-3-2-4-6-13)22-16-15(23-19(28)24-18(16)27)12-7-9-14(21)10-8-12/h2-10,15-16H,1H3,(H,23,28)/t15-,16-/m0/s1. The average molecular weight is 439 g/mol. The lowest BCUT2D eigenvalue weighted by molar-refractivity contribution is 0.595. The molecule has 0 unspecified atom stereocenters. The number of hydrogen-bond donors (Lipinski definition) is 1. The van der Waals surface area contributed by atoms with Crippen molar-refractivity contribution in [1.82, 2.24) is 15.5 Å². The Bertz CT molecular complexity index is 1140. The van der Waals surface area contributed by atoms with Gasteiger partial charge in [0.1, 0.15) is 22.7 Å². The smallest absolute Gasteiger partial charge is 0.219 e. The fourth-order valence-corrected chi connectivity index (χ4v) is 4.51. The molecule has 144 valence electrons. The van der Waals surface area contributed by atoms with Crippen LogP contribution in [0.3, 0.4) is 0 Å². The van der Waals surface area contributed by atoms with Crippen LogP contribution in [-0.2, 0) is 0 Å². The second-order valence-corrected chi connectivity index (χ2v) is 8.63. The van der Waals surface area contributed by atoms with E-state index in [9.17, 15) is 0 Å². The third-order valence-corrected chi connectivity index (χ3v) is 6.03. The van der Waals surface area contributed by atoms with Gasteiger partial charge in [-0.25, -0.2) is 4.99 Å². The fourth-order valence-electron chi connectivity index (χ4n) is 3.47. The first-order valence-electron chi connectivity index (χ1n) is 8.98. The molecule has 0 saturated heterocycles. The van der Waals surface area contributed by atoms with Crippen molar-refractivity contribution < 1.29 is 0 Å². The molecule has 0 fully saturated rings. The lowest BCUT2D eigenvalue weighted by Gasteiger charge is -2.30. The number of rotatable bonds is 3. The number of amidine groups is 2. The van der Waals surface area contributed by atoms with Crippen LogP contribution in [0.25, 0.3) is 0 Å². The maximum Gasteiger partial charge on any atom is 0.219 e. The van der Waals surface area contributed by atoms with Gasteiger partial charge in [0.05, 0.1) is 6.04 Å². The summed E-state index contributed by atoms with van der Waals surface area (Å²) in [5.74, 6) is 1.54. The first kappa shape index (κ1) is 18.4. The molecule has 0 saturated carbocycles. The summed E-state index contributed by atoms with van der Waals surface area (Å²) >= 11 is 13.0. The van der Waals surface area contributed by atoms with Crippen LogP contribution in [-0.4, -0.2) is 33.0 Å². The van der Waals surface area contributed by atoms with Gasteiger partial charge in [0.2, 0.25) is 5.13 Å². The van der Waals surface area contributed by atoms with Gasteiger partial charge in [-0.3, -0.25) is 9.89 Å². The van der Waals surface area contributed by atoms with Crippen molar-refractivity contribution in [2.75, 3.05) is 4.90 Å². The number of aromatic nitrogens is 2. The normalized spacial score (nSPS) is 20.8. The monoisotopic (exact) mass is 438 g/mol. The Morgan fingerprint density at radius 3 is 2.52 bits per heavy atom. The van der Waals surface area contributed by atoms with Crippen molar-refractivity contribution in [3.63, 3.8) is 0 Å². The molecule has 0 radical (unpaired) electrons. The second kappa shape index (κ2) is 7.29. The third kappa shape index (κ3) is 3.33. The minimum Gasteiger partial charge on any atom is -0.351 e. The van der Waals surface area contributed by atoms with Gasteiger partial charge in [-0.05, 0) is 36.8 Å². The Balaban J connectivity index is 1.65. The lowest BCUT2D eigenvalue weighted by atomic mass is 9.98. The van der Waals surface area contributed by atoms with E-state index in [1.54, 1.807) is 0 Å². The van der Waals surface area contributed by atoms with Crippen molar-refractivity contribution in [3.05, 3.63) is 75.8 Å². The average Bonchev–Trinajstić information content (AvgIpc) is 3.32. The second-order valence-electron chi connectivity index (χ2n) is 6.65. The van der Waals surface area contributed by atoms with Gasteiger partial charge in [0.15, 0.2) is 5.11 Å². The molecule has 0 aliphatic carbocycles. The first-order chi connectivity index (χ1) is 14.1. The molecule has 2 aromatic carbocycles. The number of thiocarbonyl (C=S) groups is 1. The Kier molecular flexibility index (Phi) is 4.61. The molecule has 6 nitrogen and oxygen atoms in total. The molecule has 9 heteroatoms. The van der Waals surface area contributed by atoms with Gasteiger partial charge in [0.25, 0.3) is 0 Å². The molecule has 3 aromatic rings. The van der Waals surface area contributed by atoms with Crippen LogP contribution in [0.15, 0.2) is 64.6 Å². The van der Waals surface area contributed by atoms with E-state index in [1.165, 1.54) is 11.3 Å². The minimum atomic E-state index is -0.248. The van der Waals surface area contributed by atoms with Crippen LogP contribution < -0.4 is 10.2 Å². The Labute approximate surface area is 182 Å². The molecular weight excluding hydrogens is 424 g/mol. The van der Waals surface area contributed by atoms with Gasteiger partial charge in [-0.15, -0.1) is 10.2 Å². The van der Waals surface area contributed by atoms with Crippen molar-refractivity contribution in [2.24, 2.45) is 9.98 Å². The van der Waals surface area contributed by atoms with E-state index in [0.29, 0.717) is 10.1 Å². The van der Waals surface area contributed by atoms with Crippen molar-refractivity contribution in [2.45, 2.75) is 19.0 Å². The topological polar surface area (TPSA) is 65.8 Å². The zero-order valence-electron chi connectivity index (χ0n) is 15.3. The number of hydrogen-bond acceptors (Lipinski definition) is 6. The van der Waals surface area contributed by atoms with Gasteiger partial charge in [-0.1, -0.05) is 65.4 Å². The van der Waals surface area contributed by atoms with E-state index < -0.39 is 0 Å². The summed E-state index contributed by atoms with van der Waals surface area (Å²) in [6, 6.07) is 17.3. The molecular formula is C20H15ClN6S2. The predicted molar refractivity (Wildman–Crippen MR) is 121 cm³/mol. The van der Waals surface area contributed by atoms with Gasteiger partial charge in [0, 0.05) is 10.6 Å². The molecule has 1 aromatic heterocycles. The molecule has 29 heavy (non-hydrogen) atoms. The molecule has 3 heterocycles. The third-order valence-electron chi connectivity index (χ3n) is 4.75. The van der Waals surface area contributed by atoms with Gasteiger partial charge < -0.3 is 5.32 Å². The molecule has 0 amide bonds. The highest BCUT2D eigenvalue weighted by atomic mass is 35.5. The summed E-state index contributed by atoms with van der Waals surface area (Å²) in [5.41, 5.74) is 2.03. The first-order valence-corrected chi connectivity index (χ1v) is 10.6. The summed E-state index contributed by atoms with van der Waals surface area (Å²) in [6.07, 6.45) is 0. The SMILES string of the molecule is Cc1nnc(N2C(c3ccccc3)=N[C@@H]3C2=NC(=S)N[C@H]3c2ccc(Cl)cc2)s1. The summed E-state index contributed by atoms with van der Waals surface area (Å²) in [7, 11) is 0. The van der Waals surface area contributed by atoms with E-state index in [2.05, 4.69) is 20.5 Å². The van der Waals surface area contributed by atoms with E-state index in [0.717, 1.165) is 32.9 Å². The molecule has 2 atom stereocenters. The molecule has 2 aliphatic heterocycles. The van der Waals surface area contributed by atoms with Crippen LogP contribution in [0.2, 0.25) is 5.02 Å². The van der Waals surface area contributed by atoms with Crippen LogP contribution in [0, 0.1) is 6.92 Å². The molecule has 0 bridgehead atoms. The Hall–Kier alpha value is -2.68. The summed E-state index contributed by atoms with van der Waals surface area (Å²) in [4.78, 5) is 11.7. The van der Waals surface area contributed by atoms with Crippen molar-refractivity contribution in [3.8, 4) is 0 Å². The number of benzene rings is 2. The van der Waals surface area contributed by atoms with Crippen molar-refractivity contribution >= 4 is 57.1 Å². The molecule has 5 rings (SSSR count). The molecule has 1 N–H and O–H groups in total. The maximum atomic E-state index is 6.08. The highest BCUT2D eigenvalue weighted by Gasteiger charge is 2.43. The number of nitrogens with zero attached hydrogens (tertiary/aromatic N) is 5. The van der Waals surface area contributed by atoms with E-state index in [1.807, 2.05) is 66.4 Å². The van der Waals surface area contributed by atoms with Crippen LogP contribution >= 0.6 is 35.2 Å². The summed E-state index contributed by atoms with van der Waals surface area (Å²) in [5, 5.41) is 14.6. The van der Waals surface area contributed by atoms with E-state index >= 15 is 0 Å². The largest absolute Gasteiger partial charge is 0.351 e. The lowest BCUT2D eigenvalue weighted by Crippen LogP contribution is -2.47. The predicted octanol–water partition coefficient (Wildman–Crippen LogP) is 4.16. The van der Waals surface area contributed by atoms with Crippen molar-refractivity contribution in [1.29, 1.82) is 0 Å². The number of aryl methyl sites for hydroxylation is 1. The number of nitrogens with one attached hydrogen (secondary N) is 1. The number of fused-ring (bicyclic) bond motifs is 1. The van der Waals surface area contributed by atoms with Gasteiger partial charge >= 0.3 is 0 Å². The van der Waals surface area contributed by atoms with Crippen LogP contribution in [0.5, 0.6) is 0 Å². The fraction of sp³-hybridized carbons (Fsp3) is 0.150. The zero-order valence-corrected chi connectivity index (χ0v) is 17.7. The van der Waals surface area contributed by atoms with Gasteiger partial charge in [-0.2, -0.15) is 0 Å². The van der Waals surface area contributed by atoms with Crippen LogP contribution in [0.1, 0.15) is 22.2 Å². The minimum absolute atomic E-state index is 0.148. The van der Waals surface area contributed by atoms with E-state index in [-0.39, 0.29) is 12.1 Å². The van der Waals surface area contributed by atoms with E-state index in [4.69, 9.17) is 28.8 Å². The zero-order chi connectivity index (χ0) is 20.0. The highest BCUT2D eigenvalue weighted by molar-refractivity contribution is 7.80. The molecule has 0 spiro atoms. The Morgan fingerprint density at radius 1 is 1.07 bits per heavy atom. The summed E-state index contributed by atoms with van der Waals surface area (Å²) < 4.78 is 0. The Morgan fingerprint density at radius 2 is 1.83 bits per heavy atom. The quantitative estimate of drug-likeness (QED) is 0.622. The highest BCUT2D eigenvalue weighted by Crippen LogP contribution is 2.35. The maximum absolute atomic E-state index is 6.08. The molecule has 2 aliphatic rings. The van der Waals surface area contributed by atoms with Crippen LogP contribution in [0.4, 0.5) is 5.13 Å². The number of anilines is 1. The summed E-state index contributed by atoms with van der Waals surface area (Å²) in [6.45, 7) is 1.93. The number of aliphatic imine (C=N–C) groups is 2.